The number of rotatable bonds is 5. The number of phenolic OH excluding ortho intramolecular Hbond substituents is 1. The lowest BCUT2D eigenvalue weighted by molar-refractivity contribution is -0.0579. The van der Waals surface area contributed by atoms with Gasteiger partial charge in [-0.05, 0) is 24.6 Å². The highest BCUT2D eigenvalue weighted by Gasteiger charge is 2.19. The van der Waals surface area contributed by atoms with E-state index in [1.165, 1.54) is 12.1 Å². The fourth-order valence-electron chi connectivity index (χ4n) is 1.35. The number of amides is 1. The van der Waals surface area contributed by atoms with E-state index in [1.54, 1.807) is 0 Å². The first-order valence-electron chi connectivity index (χ1n) is 5.24. The van der Waals surface area contributed by atoms with Gasteiger partial charge in [-0.25, -0.2) is 5.06 Å². The molecule has 0 saturated heterocycles. The summed E-state index contributed by atoms with van der Waals surface area (Å²) < 4.78 is 10.6. The average molecular weight is 310 g/mol. The van der Waals surface area contributed by atoms with Crippen LogP contribution in [0.2, 0.25) is 5.02 Å². The fraction of sp³-hybridized carbons (Fsp3) is 0.300. The van der Waals surface area contributed by atoms with Gasteiger partial charge < -0.3 is 14.9 Å². The first kappa shape index (κ1) is 15.9. The lowest BCUT2D eigenvalue weighted by atomic mass is 10.2. The summed E-state index contributed by atoms with van der Waals surface area (Å²) in [6.07, 6.45) is -0.509. The van der Waals surface area contributed by atoms with Gasteiger partial charge >= 0.3 is 7.60 Å². The third-order valence-corrected chi connectivity index (χ3v) is 3.38. The Labute approximate surface area is 114 Å². The molecule has 1 rings (SSSR count). The molecule has 1 aromatic rings. The number of hydroxylamine groups is 2. The molecule has 0 aliphatic heterocycles. The van der Waals surface area contributed by atoms with Crippen molar-refractivity contribution in [3.63, 3.8) is 0 Å². The van der Waals surface area contributed by atoms with E-state index in [9.17, 15) is 19.7 Å². The van der Waals surface area contributed by atoms with Crippen LogP contribution in [-0.4, -0.2) is 43.8 Å². The van der Waals surface area contributed by atoms with Crippen LogP contribution in [0.1, 0.15) is 16.8 Å². The number of benzene rings is 1. The Morgan fingerprint density at radius 2 is 2.00 bits per heavy atom. The second-order valence-electron chi connectivity index (χ2n) is 3.83. The fourth-order valence-corrected chi connectivity index (χ4v) is 2.07. The number of aromatic hydroxyl groups is 1. The molecule has 0 fully saturated rings. The summed E-state index contributed by atoms with van der Waals surface area (Å²) in [5.41, 5.74) is -0.150. The van der Waals surface area contributed by atoms with Crippen molar-refractivity contribution >= 4 is 25.1 Å². The molecule has 1 aromatic carbocycles. The molecule has 0 spiro atoms. The molecule has 19 heavy (non-hydrogen) atoms. The predicted molar refractivity (Wildman–Crippen MR) is 67.5 cm³/mol. The number of halogens is 1. The van der Waals surface area contributed by atoms with Crippen LogP contribution in [0.25, 0.3) is 0 Å². The van der Waals surface area contributed by atoms with Gasteiger partial charge in [-0.15, -0.1) is 0 Å². The van der Waals surface area contributed by atoms with E-state index in [2.05, 4.69) is 0 Å². The van der Waals surface area contributed by atoms with Gasteiger partial charge in [0.15, 0.2) is 0 Å². The molecule has 0 radical (unpaired) electrons. The van der Waals surface area contributed by atoms with Gasteiger partial charge in [-0.2, -0.15) is 0 Å². The van der Waals surface area contributed by atoms with Crippen molar-refractivity contribution in [3.05, 3.63) is 28.8 Å². The van der Waals surface area contributed by atoms with E-state index in [-0.39, 0.29) is 29.3 Å². The molecule has 9 heteroatoms. The molecular weight excluding hydrogens is 297 g/mol. The minimum atomic E-state index is -4.16. The molecule has 7 nitrogen and oxygen atoms in total. The zero-order valence-corrected chi connectivity index (χ0v) is 11.4. The quantitative estimate of drug-likeness (QED) is 0.371. The smallest absolute Gasteiger partial charge is 0.325 e. The van der Waals surface area contributed by atoms with Gasteiger partial charge in [0.2, 0.25) is 0 Å². The van der Waals surface area contributed by atoms with Gasteiger partial charge in [0.1, 0.15) is 5.75 Å². The summed E-state index contributed by atoms with van der Waals surface area (Å²) in [7, 11) is -4.16. The Kier molecular flexibility index (Phi) is 5.34. The largest absolute Gasteiger partial charge is 0.507 e. The zero-order chi connectivity index (χ0) is 14.6. The van der Waals surface area contributed by atoms with Crippen molar-refractivity contribution in [1.29, 1.82) is 0 Å². The normalized spacial score (nSPS) is 11.4. The molecule has 0 atom stereocenters. The second kappa shape index (κ2) is 6.36. The third kappa shape index (κ3) is 5.18. The van der Waals surface area contributed by atoms with Gasteiger partial charge in [0, 0.05) is 11.6 Å². The van der Waals surface area contributed by atoms with Crippen LogP contribution in [0.5, 0.6) is 5.75 Å². The first-order valence-corrected chi connectivity index (χ1v) is 7.42. The summed E-state index contributed by atoms with van der Waals surface area (Å²) in [6.45, 7) is -0.258. The number of hydrogen-bond donors (Lipinski definition) is 4. The van der Waals surface area contributed by atoms with E-state index >= 15 is 0 Å². The number of carbonyl (C=O) groups excluding carboxylic acids is 1. The molecule has 0 unspecified atom stereocenters. The van der Waals surface area contributed by atoms with Gasteiger partial charge in [0.05, 0.1) is 11.7 Å². The number of carbonyl (C=O) groups is 1. The molecule has 4 N–H and O–H groups in total. The van der Waals surface area contributed by atoms with E-state index in [0.29, 0.717) is 5.06 Å². The number of hydrogen-bond acceptors (Lipinski definition) is 4. The van der Waals surface area contributed by atoms with Crippen LogP contribution in [0.15, 0.2) is 18.2 Å². The van der Waals surface area contributed by atoms with Gasteiger partial charge in [0.25, 0.3) is 5.91 Å². The van der Waals surface area contributed by atoms with Crippen molar-refractivity contribution in [2.24, 2.45) is 0 Å². The SMILES string of the molecule is O=C(c1ccc(Cl)cc1O)N(O)CCCP(=O)(O)O. The van der Waals surface area contributed by atoms with Crippen molar-refractivity contribution in [1.82, 2.24) is 5.06 Å². The standard InChI is InChI=1S/C10H13ClNO6P/c11-7-2-3-8(9(13)6-7)10(14)12(15)4-1-5-19(16,17)18/h2-3,6,13,15H,1,4-5H2,(H2,16,17,18). The molecule has 0 heterocycles. The maximum atomic E-state index is 11.7. The molecule has 106 valence electrons. The monoisotopic (exact) mass is 309 g/mol. The summed E-state index contributed by atoms with van der Waals surface area (Å²) >= 11 is 5.60. The molecular formula is C10H13ClNO6P. The molecule has 0 bridgehead atoms. The Morgan fingerprint density at radius 1 is 1.37 bits per heavy atom. The highest BCUT2D eigenvalue weighted by Crippen LogP contribution is 2.34. The maximum absolute atomic E-state index is 11.7. The second-order valence-corrected chi connectivity index (χ2v) is 6.04. The van der Waals surface area contributed by atoms with Gasteiger partial charge in [-0.3, -0.25) is 14.6 Å². The van der Waals surface area contributed by atoms with Crippen LogP contribution in [0.4, 0.5) is 0 Å². The Morgan fingerprint density at radius 3 is 2.53 bits per heavy atom. The summed E-state index contributed by atoms with van der Waals surface area (Å²) in [4.78, 5) is 29.0. The molecule has 0 aliphatic rings. The summed E-state index contributed by atoms with van der Waals surface area (Å²) in [6, 6.07) is 3.77. The Hall–Kier alpha value is -1.11. The van der Waals surface area contributed by atoms with Crippen LogP contribution >= 0.6 is 19.2 Å². The third-order valence-electron chi connectivity index (χ3n) is 2.24. The van der Waals surface area contributed by atoms with Crippen molar-refractivity contribution < 1.29 is 29.5 Å². The van der Waals surface area contributed by atoms with Crippen molar-refractivity contribution in [3.8, 4) is 5.75 Å². The lowest BCUT2D eigenvalue weighted by Crippen LogP contribution is -2.29. The number of nitrogens with zero attached hydrogens (tertiary/aromatic N) is 1. The van der Waals surface area contributed by atoms with Crippen LogP contribution in [0.3, 0.4) is 0 Å². The predicted octanol–water partition coefficient (Wildman–Crippen LogP) is 1.44. The molecule has 1 amide bonds. The highest BCUT2D eigenvalue weighted by molar-refractivity contribution is 7.51. The zero-order valence-electron chi connectivity index (χ0n) is 9.73. The molecule has 0 aromatic heterocycles. The topological polar surface area (TPSA) is 118 Å². The molecule has 0 aliphatic carbocycles. The minimum absolute atomic E-state index is 0.0686. The Balaban J connectivity index is 2.64. The molecule has 0 saturated carbocycles. The Bertz CT molecular complexity index is 517. The summed E-state index contributed by atoms with van der Waals surface area (Å²) in [5, 5.41) is 19.5. The van der Waals surface area contributed by atoms with E-state index in [0.717, 1.165) is 6.07 Å². The van der Waals surface area contributed by atoms with Crippen LogP contribution in [0, 0.1) is 0 Å². The average Bonchev–Trinajstić information content (AvgIpc) is 2.26. The van der Waals surface area contributed by atoms with E-state index < -0.39 is 19.7 Å². The van der Waals surface area contributed by atoms with E-state index in [4.69, 9.17) is 21.4 Å². The lowest BCUT2D eigenvalue weighted by Gasteiger charge is -2.15. The van der Waals surface area contributed by atoms with Crippen LogP contribution in [-0.2, 0) is 4.57 Å². The first-order chi connectivity index (χ1) is 8.70. The maximum Gasteiger partial charge on any atom is 0.325 e. The summed E-state index contributed by atoms with van der Waals surface area (Å²) in [5.74, 6) is -1.26. The number of phenols is 1. The van der Waals surface area contributed by atoms with Crippen molar-refractivity contribution in [2.75, 3.05) is 12.7 Å². The minimum Gasteiger partial charge on any atom is -0.507 e. The van der Waals surface area contributed by atoms with E-state index in [1.807, 2.05) is 0 Å². The van der Waals surface area contributed by atoms with Crippen molar-refractivity contribution in [2.45, 2.75) is 6.42 Å². The van der Waals surface area contributed by atoms with Gasteiger partial charge in [-0.1, -0.05) is 11.6 Å². The van der Waals surface area contributed by atoms with Crippen LogP contribution < -0.4 is 0 Å². The highest BCUT2D eigenvalue weighted by atomic mass is 35.5.